The zero-order chi connectivity index (χ0) is 12.4. The van der Waals surface area contributed by atoms with Crippen LogP contribution in [0.5, 0.6) is 0 Å². The molecule has 0 aliphatic heterocycles. The van der Waals surface area contributed by atoms with Crippen LogP contribution < -0.4 is 5.32 Å². The molecule has 3 rings (SSSR count). The van der Waals surface area contributed by atoms with Crippen molar-refractivity contribution in [3.8, 4) is 6.07 Å². The van der Waals surface area contributed by atoms with Crippen LogP contribution in [0.1, 0.15) is 23.5 Å². The summed E-state index contributed by atoms with van der Waals surface area (Å²) in [6, 6.07) is 20.9. The van der Waals surface area contributed by atoms with E-state index in [-0.39, 0.29) is 0 Å². The van der Waals surface area contributed by atoms with Gasteiger partial charge in [-0.25, -0.2) is 0 Å². The number of rotatable bonds is 3. The third-order valence-corrected chi connectivity index (χ3v) is 3.41. The summed E-state index contributed by atoms with van der Waals surface area (Å²) in [5, 5.41) is 12.5. The largest absolute Gasteiger partial charge is 0.381 e. The van der Waals surface area contributed by atoms with Crippen LogP contribution in [0, 0.1) is 11.3 Å². The summed E-state index contributed by atoms with van der Waals surface area (Å²) in [6.07, 6.45) is 1.14. The van der Waals surface area contributed by atoms with Crippen LogP contribution in [-0.2, 0) is 0 Å². The monoisotopic (exact) mass is 234 g/mol. The highest BCUT2D eigenvalue weighted by atomic mass is 15.0. The van der Waals surface area contributed by atoms with Gasteiger partial charge in [-0.1, -0.05) is 42.5 Å². The standard InChI is InChI=1S/C16H14N2/c17-11-13-8-4-5-9-15(13)18-16-10-14(16)12-6-2-1-3-7-12/h1-9,14,16,18H,10H2. The lowest BCUT2D eigenvalue weighted by Gasteiger charge is -2.07. The molecular weight excluding hydrogens is 220 g/mol. The number of nitrogens with zero attached hydrogens (tertiary/aromatic N) is 1. The van der Waals surface area contributed by atoms with Gasteiger partial charge in [-0.15, -0.1) is 0 Å². The van der Waals surface area contributed by atoms with Gasteiger partial charge < -0.3 is 5.32 Å². The van der Waals surface area contributed by atoms with Crippen molar-refractivity contribution >= 4 is 5.69 Å². The van der Waals surface area contributed by atoms with Crippen LogP contribution in [0.2, 0.25) is 0 Å². The van der Waals surface area contributed by atoms with Crippen LogP contribution in [0.15, 0.2) is 54.6 Å². The Morgan fingerprint density at radius 1 is 1.00 bits per heavy atom. The van der Waals surface area contributed by atoms with E-state index in [1.807, 2.05) is 30.3 Å². The fourth-order valence-electron chi connectivity index (χ4n) is 2.33. The molecule has 2 aromatic rings. The lowest BCUT2D eigenvalue weighted by atomic mass is 10.1. The minimum atomic E-state index is 0.460. The molecule has 2 aromatic carbocycles. The van der Waals surface area contributed by atoms with Crippen molar-refractivity contribution in [1.29, 1.82) is 5.26 Å². The Morgan fingerprint density at radius 2 is 1.72 bits per heavy atom. The minimum absolute atomic E-state index is 0.460. The Balaban J connectivity index is 1.72. The van der Waals surface area contributed by atoms with Crippen LogP contribution in [0.3, 0.4) is 0 Å². The van der Waals surface area contributed by atoms with Crippen molar-refractivity contribution in [2.45, 2.75) is 18.4 Å². The molecule has 0 spiro atoms. The minimum Gasteiger partial charge on any atom is -0.381 e. The summed E-state index contributed by atoms with van der Waals surface area (Å²) < 4.78 is 0. The first-order valence-corrected chi connectivity index (χ1v) is 6.19. The van der Waals surface area contributed by atoms with E-state index in [4.69, 9.17) is 5.26 Å². The molecule has 2 heteroatoms. The summed E-state index contributed by atoms with van der Waals surface area (Å²) in [6.45, 7) is 0. The van der Waals surface area contributed by atoms with E-state index in [0.717, 1.165) is 17.7 Å². The highest BCUT2D eigenvalue weighted by Gasteiger charge is 2.38. The average Bonchev–Trinajstić information content (AvgIpc) is 3.20. The van der Waals surface area contributed by atoms with Crippen molar-refractivity contribution in [3.05, 3.63) is 65.7 Å². The zero-order valence-corrected chi connectivity index (χ0v) is 10.0. The van der Waals surface area contributed by atoms with Gasteiger partial charge >= 0.3 is 0 Å². The molecule has 1 fully saturated rings. The van der Waals surface area contributed by atoms with Crippen molar-refractivity contribution in [2.75, 3.05) is 5.32 Å². The Hall–Kier alpha value is -2.27. The molecule has 2 unspecified atom stereocenters. The van der Waals surface area contributed by atoms with Crippen molar-refractivity contribution < 1.29 is 0 Å². The highest BCUT2D eigenvalue weighted by molar-refractivity contribution is 5.59. The fraction of sp³-hybridized carbons (Fsp3) is 0.188. The van der Waals surface area contributed by atoms with Crippen LogP contribution in [0.4, 0.5) is 5.69 Å². The van der Waals surface area contributed by atoms with E-state index in [9.17, 15) is 0 Å². The number of hydrogen-bond donors (Lipinski definition) is 1. The number of para-hydroxylation sites is 1. The second kappa shape index (κ2) is 4.54. The molecule has 0 saturated heterocycles. The zero-order valence-electron chi connectivity index (χ0n) is 10.0. The molecule has 0 radical (unpaired) electrons. The van der Waals surface area contributed by atoms with Gasteiger partial charge in [0.2, 0.25) is 0 Å². The summed E-state index contributed by atoms with van der Waals surface area (Å²) >= 11 is 0. The molecular formula is C16H14N2. The number of nitriles is 1. The van der Waals surface area contributed by atoms with Gasteiger partial charge in [0.15, 0.2) is 0 Å². The molecule has 0 heterocycles. The summed E-state index contributed by atoms with van der Waals surface area (Å²) in [4.78, 5) is 0. The first-order valence-electron chi connectivity index (χ1n) is 6.19. The molecule has 1 aliphatic rings. The van der Waals surface area contributed by atoms with Gasteiger partial charge in [0.25, 0.3) is 0 Å². The molecule has 1 saturated carbocycles. The lowest BCUT2D eigenvalue weighted by molar-refractivity contribution is 1.04. The molecule has 1 N–H and O–H groups in total. The predicted molar refractivity (Wildman–Crippen MR) is 72.4 cm³/mol. The third kappa shape index (κ3) is 2.08. The van der Waals surface area contributed by atoms with E-state index in [1.54, 1.807) is 0 Å². The van der Waals surface area contributed by atoms with Gasteiger partial charge in [-0.05, 0) is 24.1 Å². The lowest BCUT2D eigenvalue weighted by Crippen LogP contribution is -2.05. The molecule has 0 bridgehead atoms. The number of hydrogen-bond acceptors (Lipinski definition) is 2. The van der Waals surface area contributed by atoms with Gasteiger partial charge in [0.05, 0.1) is 11.3 Å². The predicted octanol–water partition coefficient (Wildman–Crippen LogP) is 3.53. The van der Waals surface area contributed by atoms with Gasteiger partial charge in [0, 0.05) is 12.0 Å². The van der Waals surface area contributed by atoms with Gasteiger partial charge in [-0.2, -0.15) is 5.26 Å². The Bertz CT molecular complexity index is 584. The average molecular weight is 234 g/mol. The first kappa shape index (κ1) is 10.9. The summed E-state index contributed by atoms with van der Waals surface area (Å²) in [5.41, 5.74) is 3.05. The van der Waals surface area contributed by atoms with Gasteiger partial charge in [0.1, 0.15) is 6.07 Å². The normalized spacial score (nSPS) is 21.1. The second-order valence-corrected chi connectivity index (χ2v) is 4.66. The Kier molecular flexibility index (Phi) is 2.74. The maximum atomic E-state index is 9.04. The Morgan fingerprint density at radius 3 is 2.50 bits per heavy atom. The molecule has 0 amide bonds. The molecule has 18 heavy (non-hydrogen) atoms. The SMILES string of the molecule is N#Cc1ccccc1NC1CC1c1ccccc1. The van der Waals surface area contributed by atoms with Crippen molar-refractivity contribution in [2.24, 2.45) is 0 Å². The second-order valence-electron chi connectivity index (χ2n) is 4.66. The quantitative estimate of drug-likeness (QED) is 0.881. The van der Waals surface area contributed by atoms with Gasteiger partial charge in [-0.3, -0.25) is 0 Å². The van der Waals surface area contributed by atoms with Crippen LogP contribution in [-0.4, -0.2) is 6.04 Å². The van der Waals surface area contributed by atoms with Crippen LogP contribution in [0.25, 0.3) is 0 Å². The van der Waals surface area contributed by atoms with E-state index in [1.165, 1.54) is 5.56 Å². The topological polar surface area (TPSA) is 35.8 Å². The summed E-state index contributed by atoms with van der Waals surface area (Å²) in [5.74, 6) is 0.581. The summed E-state index contributed by atoms with van der Waals surface area (Å²) in [7, 11) is 0. The maximum absolute atomic E-state index is 9.04. The van der Waals surface area contributed by atoms with Crippen molar-refractivity contribution in [1.82, 2.24) is 0 Å². The molecule has 1 aliphatic carbocycles. The number of benzene rings is 2. The first-order chi connectivity index (χ1) is 8.88. The van der Waals surface area contributed by atoms with E-state index in [2.05, 4.69) is 35.7 Å². The number of anilines is 1. The van der Waals surface area contributed by atoms with Crippen molar-refractivity contribution in [3.63, 3.8) is 0 Å². The highest BCUT2D eigenvalue weighted by Crippen LogP contribution is 2.42. The van der Waals surface area contributed by atoms with E-state index < -0.39 is 0 Å². The fourth-order valence-corrected chi connectivity index (χ4v) is 2.33. The van der Waals surface area contributed by atoms with E-state index >= 15 is 0 Å². The molecule has 2 atom stereocenters. The Labute approximate surface area is 107 Å². The van der Waals surface area contributed by atoms with E-state index in [0.29, 0.717) is 12.0 Å². The molecule has 0 aromatic heterocycles. The maximum Gasteiger partial charge on any atom is 0.101 e. The smallest absolute Gasteiger partial charge is 0.101 e. The van der Waals surface area contributed by atoms with Crippen LogP contribution >= 0.6 is 0 Å². The molecule has 2 nitrogen and oxygen atoms in total. The number of nitrogens with one attached hydrogen (secondary N) is 1. The third-order valence-electron chi connectivity index (χ3n) is 3.41. The molecule has 88 valence electrons.